The number of nitrogens with two attached hydrogens (primary N) is 1. The van der Waals surface area contributed by atoms with Crippen LogP contribution in [0.3, 0.4) is 0 Å². The number of rotatable bonds is 4. The van der Waals surface area contributed by atoms with Crippen molar-refractivity contribution in [1.82, 2.24) is 9.97 Å². The summed E-state index contributed by atoms with van der Waals surface area (Å²) in [7, 11) is 0. The van der Waals surface area contributed by atoms with Gasteiger partial charge in [0.2, 0.25) is 0 Å². The monoisotopic (exact) mass is 241 g/mol. The summed E-state index contributed by atoms with van der Waals surface area (Å²) in [6.07, 6.45) is 3.57. The molecule has 0 spiro atoms. The summed E-state index contributed by atoms with van der Waals surface area (Å²) in [5, 5.41) is 0. The van der Waals surface area contributed by atoms with Crippen LogP contribution in [0.1, 0.15) is 24.7 Å². The van der Waals surface area contributed by atoms with E-state index in [0.29, 0.717) is 0 Å². The highest BCUT2D eigenvalue weighted by atomic mass is 14.9. The van der Waals surface area contributed by atoms with Gasteiger partial charge in [-0.3, -0.25) is 0 Å². The molecule has 1 aromatic heterocycles. The molecule has 0 amide bonds. The van der Waals surface area contributed by atoms with Crippen molar-refractivity contribution in [2.75, 3.05) is 0 Å². The highest BCUT2D eigenvalue weighted by Gasteiger charge is 2.05. The number of hydrogen-bond donors (Lipinski definition) is 1. The van der Waals surface area contributed by atoms with Gasteiger partial charge in [0.15, 0.2) is 0 Å². The van der Waals surface area contributed by atoms with Crippen LogP contribution in [-0.4, -0.2) is 16.0 Å². The standard InChI is InChI=1S/C15H19N3/c1-11-5-3-4-6-13(11)14-9-10-17-15(18-14)8-7-12(2)16/h3-6,9-10,12H,7-8,16H2,1-2H3. The van der Waals surface area contributed by atoms with E-state index in [0.717, 1.165) is 24.4 Å². The second-order valence-corrected chi connectivity index (χ2v) is 4.69. The highest BCUT2D eigenvalue weighted by molar-refractivity contribution is 5.62. The first-order chi connectivity index (χ1) is 8.66. The first kappa shape index (κ1) is 12.7. The molecular formula is C15H19N3. The van der Waals surface area contributed by atoms with Crippen LogP contribution in [0.25, 0.3) is 11.3 Å². The summed E-state index contributed by atoms with van der Waals surface area (Å²) < 4.78 is 0. The van der Waals surface area contributed by atoms with Crippen LogP contribution in [0, 0.1) is 6.92 Å². The summed E-state index contributed by atoms with van der Waals surface area (Å²) in [4.78, 5) is 8.91. The molecule has 0 saturated heterocycles. The summed E-state index contributed by atoms with van der Waals surface area (Å²) >= 11 is 0. The fourth-order valence-corrected chi connectivity index (χ4v) is 1.89. The van der Waals surface area contributed by atoms with Gasteiger partial charge < -0.3 is 5.73 Å². The van der Waals surface area contributed by atoms with Crippen molar-refractivity contribution < 1.29 is 0 Å². The number of nitrogens with zero attached hydrogens (tertiary/aromatic N) is 2. The fourth-order valence-electron chi connectivity index (χ4n) is 1.89. The molecule has 2 aromatic rings. The largest absolute Gasteiger partial charge is 0.328 e. The van der Waals surface area contributed by atoms with Crippen molar-refractivity contribution in [3.63, 3.8) is 0 Å². The van der Waals surface area contributed by atoms with Crippen molar-refractivity contribution in [3.05, 3.63) is 47.9 Å². The molecule has 1 aromatic carbocycles. The summed E-state index contributed by atoms with van der Waals surface area (Å²) in [6, 6.07) is 10.4. The quantitative estimate of drug-likeness (QED) is 0.895. The predicted molar refractivity (Wildman–Crippen MR) is 74.2 cm³/mol. The van der Waals surface area contributed by atoms with Crippen LogP contribution in [0.2, 0.25) is 0 Å². The molecule has 94 valence electrons. The van der Waals surface area contributed by atoms with Crippen molar-refractivity contribution in [2.45, 2.75) is 32.7 Å². The van der Waals surface area contributed by atoms with Crippen LogP contribution in [0.4, 0.5) is 0 Å². The van der Waals surface area contributed by atoms with E-state index in [-0.39, 0.29) is 6.04 Å². The molecule has 1 atom stereocenters. The van der Waals surface area contributed by atoms with E-state index in [4.69, 9.17) is 5.73 Å². The lowest BCUT2D eigenvalue weighted by Gasteiger charge is -2.07. The Bertz CT molecular complexity index is 521. The van der Waals surface area contributed by atoms with Gasteiger partial charge in [-0.15, -0.1) is 0 Å². The van der Waals surface area contributed by atoms with Crippen LogP contribution in [0.5, 0.6) is 0 Å². The van der Waals surface area contributed by atoms with E-state index in [2.05, 4.69) is 29.0 Å². The maximum Gasteiger partial charge on any atom is 0.129 e. The average Bonchev–Trinajstić information content (AvgIpc) is 2.37. The van der Waals surface area contributed by atoms with Crippen LogP contribution < -0.4 is 5.73 Å². The van der Waals surface area contributed by atoms with Crippen molar-refractivity contribution in [2.24, 2.45) is 5.73 Å². The second-order valence-electron chi connectivity index (χ2n) is 4.69. The van der Waals surface area contributed by atoms with Gasteiger partial charge in [0, 0.05) is 24.2 Å². The van der Waals surface area contributed by atoms with Gasteiger partial charge in [-0.25, -0.2) is 9.97 Å². The Hall–Kier alpha value is -1.74. The van der Waals surface area contributed by atoms with Crippen molar-refractivity contribution in [3.8, 4) is 11.3 Å². The van der Waals surface area contributed by atoms with E-state index < -0.39 is 0 Å². The second kappa shape index (κ2) is 5.74. The molecule has 1 unspecified atom stereocenters. The zero-order valence-corrected chi connectivity index (χ0v) is 10.9. The van der Waals surface area contributed by atoms with Gasteiger partial charge in [-0.2, -0.15) is 0 Å². The molecule has 18 heavy (non-hydrogen) atoms. The SMILES string of the molecule is Cc1ccccc1-c1ccnc(CCC(C)N)n1. The lowest BCUT2D eigenvalue weighted by Crippen LogP contribution is -2.16. The number of benzene rings is 1. The van der Waals surface area contributed by atoms with Gasteiger partial charge in [0.25, 0.3) is 0 Å². The summed E-state index contributed by atoms with van der Waals surface area (Å²) in [6.45, 7) is 4.10. The van der Waals surface area contributed by atoms with Crippen LogP contribution in [0.15, 0.2) is 36.5 Å². The molecular weight excluding hydrogens is 222 g/mol. The molecule has 0 aliphatic carbocycles. The zero-order chi connectivity index (χ0) is 13.0. The smallest absolute Gasteiger partial charge is 0.129 e. The van der Waals surface area contributed by atoms with Gasteiger partial charge in [0.1, 0.15) is 5.82 Å². The van der Waals surface area contributed by atoms with Crippen molar-refractivity contribution in [1.29, 1.82) is 0 Å². The third kappa shape index (κ3) is 3.14. The number of hydrogen-bond acceptors (Lipinski definition) is 3. The van der Waals surface area contributed by atoms with E-state index in [1.54, 1.807) is 0 Å². The molecule has 0 fully saturated rings. The lowest BCUT2D eigenvalue weighted by molar-refractivity contribution is 0.648. The topological polar surface area (TPSA) is 51.8 Å². The molecule has 1 heterocycles. The van der Waals surface area contributed by atoms with E-state index in [1.165, 1.54) is 11.1 Å². The Morgan fingerprint density at radius 3 is 2.72 bits per heavy atom. The van der Waals surface area contributed by atoms with Crippen LogP contribution >= 0.6 is 0 Å². The minimum atomic E-state index is 0.190. The van der Waals surface area contributed by atoms with E-state index >= 15 is 0 Å². The molecule has 3 heteroatoms. The molecule has 3 nitrogen and oxygen atoms in total. The Kier molecular flexibility index (Phi) is 4.05. The Morgan fingerprint density at radius 1 is 1.22 bits per heavy atom. The Labute approximate surface area is 108 Å². The summed E-state index contributed by atoms with van der Waals surface area (Å²) in [5.41, 5.74) is 9.15. The predicted octanol–water partition coefficient (Wildman–Crippen LogP) is 2.73. The van der Waals surface area contributed by atoms with Gasteiger partial charge in [-0.1, -0.05) is 24.3 Å². The maximum absolute atomic E-state index is 5.76. The third-order valence-electron chi connectivity index (χ3n) is 2.95. The first-order valence-corrected chi connectivity index (χ1v) is 6.30. The molecule has 0 radical (unpaired) electrons. The Morgan fingerprint density at radius 2 is 2.00 bits per heavy atom. The Balaban J connectivity index is 2.25. The summed E-state index contributed by atoms with van der Waals surface area (Å²) in [5.74, 6) is 0.869. The van der Waals surface area contributed by atoms with Crippen molar-refractivity contribution >= 4 is 0 Å². The van der Waals surface area contributed by atoms with Gasteiger partial charge >= 0.3 is 0 Å². The molecule has 2 rings (SSSR count). The third-order valence-corrected chi connectivity index (χ3v) is 2.95. The fraction of sp³-hybridized carbons (Fsp3) is 0.333. The van der Waals surface area contributed by atoms with Crippen LogP contribution in [-0.2, 0) is 6.42 Å². The average molecular weight is 241 g/mol. The normalized spacial score (nSPS) is 12.4. The molecule has 0 bridgehead atoms. The zero-order valence-electron chi connectivity index (χ0n) is 10.9. The molecule has 0 aliphatic heterocycles. The minimum absolute atomic E-state index is 0.190. The van der Waals surface area contributed by atoms with Gasteiger partial charge in [-0.05, 0) is 31.9 Å². The molecule has 0 aliphatic rings. The number of aryl methyl sites for hydroxylation is 2. The maximum atomic E-state index is 5.76. The minimum Gasteiger partial charge on any atom is -0.328 e. The highest BCUT2D eigenvalue weighted by Crippen LogP contribution is 2.20. The molecule has 2 N–H and O–H groups in total. The van der Waals surface area contributed by atoms with Gasteiger partial charge in [0.05, 0.1) is 5.69 Å². The number of aromatic nitrogens is 2. The molecule has 0 saturated carbocycles. The first-order valence-electron chi connectivity index (χ1n) is 6.30. The lowest BCUT2D eigenvalue weighted by atomic mass is 10.1. The van der Waals surface area contributed by atoms with E-state index in [1.807, 2.05) is 31.3 Å². The van der Waals surface area contributed by atoms with E-state index in [9.17, 15) is 0 Å².